The predicted octanol–water partition coefficient (Wildman–Crippen LogP) is 3.59. The molecule has 0 unspecified atom stereocenters. The molecule has 0 radical (unpaired) electrons. The molecule has 1 heterocycles. The SMILES string of the molecule is Clc1cccc(SCCC2OCCCO2)c1. The van der Waals surface area contributed by atoms with E-state index in [0.29, 0.717) is 0 Å². The molecule has 1 aromatic carbocycles. The fourth-order valence-electron chi connectivity index (χ4n) is 1.53. The molecule has 4 heteroatoms. The minimum absolute atomic E-state index is 0.0135. The number of benzene rings is 1. The average Bonchev–Trinajstić information content (AvgIpc) is 2.30. The second kappa shape index (κ2) is 6.50. The van der Waals surface area contributed by atoms with Crippen LogP contribution in [0.2, 0.25) is 5.02 Å². The number of rotatable bonds is 4. The third-order valence-corrected chi connectivity index (χ3v) is 3.58. The van der Waals surface area contributed by atoms with Crippen LogP contribution < -0.4 is 0 Å². The van der Waals surface area contributed by atoms with Crippen molar-refractivity contribution in [3.05, 3.63) is 29.3 Å². The molecule has 0 amide bonds. The Bertz CT molecular complexity index is 327. The zero-order valence-electron chi connectivity index (χ0n) is 9.02. The lowest BCUT2D eigenvalue weighted by atomic mass is 10.4. The molecule has 1 aliphatic heterocycles. The highest BCUT2D eigenvalue weighted by molar-refractivity contribution is 7.99. The Morgan fingerprint density at radius 2 is 2.12 bits per heavy atom. The lowest BCUT2D eigenvalue weighted by Crippen LogP contribution is -2.25. The number of hydrogen-bond acceptors (Lipinski definition) is 3. The monoisotopic (exact) mass is 258 g/mol. The number of ether oxygens (including phenoxy) is 2. The van der Waals surface area contributed by atoms with Crippen molar-refractivity contribution < 1.29 is 9.47 Å². The Labute approximate surface area is 105 Å². The van der Waals surface area contributed by atoms with E-state index in [-0.39, 0.29) is 6.29 Å². The fraction of sp³-hybridized carbons (Fsp3) is 0.500. The molecule has 16 heavy (non-hydrogen) atoms. The first-order valence-corrected chi connectivity index (χ1v) is 6.82. The van der Waals surface area contributed by atoms with Crippen LogP contribution in [0.25, 0.3) is 0 Å². The lowest BCUT2D eigenvalue weighted by molar-refractivity contribution is -0.178. The molecule has 2 rings (SSSR count). The highest BCUT2D eigenvalue weighted by atomic mass is 35.5. The van der Waals surface area contributed by atoms with E-state index in [1.54, 1.807) is 11.8 Å². The molecule has 1 aromatic rings. The van der Waals surface area contributed by atoms with Gasteiger partial charge in [-0.1, -0.05) is 17.7 Å². The molecule has 1 fully saturated rings. The van der Waals surface area contributed by atoms with Crippen molar-refractivity contribution >= 4 is 23.4 Å². The molecule has 1 saturated heterocycles. The summed E-state index contributed by atoms with van der Waals surface area (Å²) in [7, 11) is 0. The van der Waals surface area contributed by atoms with Crippen LogP contribution in [-0.2, 0) is 9.47 Å². The number of thioether (sulfide) groups is 1. The van der Waals surface area contributed by atoms with Gasteiger partial charge in [-0.3, -0.25) is 0 Å². The van der Waals surface area contributed by atoms with Crippen LogP contribution in [0.3, 0.4) is 0 Å². The van der Waals surface area contributed by atoms with Gasteiger partial charge >= 0.3 is 0 Å². The smallest absolute Gasteiger partial charge is 0.158 e. The van der Waals surface area contributed by atoms with E-state index >= 15 is 0 Å². The first-order chi connectivity index (χ1) is 7.84. The molecular formula is C12H15ClO2S. The topological polar surface area (TPSA) is 18.5 Å². The second-order valence-corrected chi connectivity index (χ2v) is 5.22. The molecule has 0 aliphatic carbocycles. The zero-order valence-corrected chi connectivity index (χ0v) is 10.6. The van der Waals surface area contributed by atoms with Gasteiger partial charge in [-0.2, -0.15) is 0 Å². The molecule has 0 spiro atoms. The second-order valence-electron chi connectivity index (χ2n) is 3.62. The van der Waals surface area contributed by atoms with Gasteiger partial charge in [0.2, 0.25) is 0 Å². The minimum Gasteiger partial charge on any atom is -0.353 e. The molecule has 0 bridgehead atoms. The summed E-state index contributed by atoms with van der Waals surface area (Å²) in [5, 5.41) is 0.787. The molecule has 0 atom stereocenters. The summed E-state index contributed by atoms with van der Waals surface area (Å²) in [6.45, 7) is 1.65. The first-order valence-electron chi connectivity index (χ1n) is 5.46. The van der Waals surface area contributed by atoms with E-state index in [9.17, 15) is 0 Å². The van der Waals surface area contributed by atoms with Crippen molar-refractivity contribution in [2.75, 3.05) is 19.0 Å². The van der Waals surface area contributed by atoms with Crippen molar-refractivity contribution in [1.29, 1.82) is 0 Å². The summed E-state index contributed by atoms with van der Waals surface area (Å²) < 4.78 is 11.0. The Kier molecular flexibility index (Phi) is 4.97. The Morgan fingerprint density at radius 3 is 2.88 bits per heavy atom. The summed E-state index contributed by atoms with van der Waals surface area (Å²) in [6, 6.07) is 7.91. The van der Waals surface area contributed by atoms with E-state index in [2.05, 4.69) is 6.07 Å². The van der Waals surface area contributed by atoms with Gasteiger partial charge in [0.1, 0.15) is 0 Å². The van der Waals surface area contributed by atoms with Gasteiger partial charge in [-0.15, -0.1) is 11.8 Å². The third kappa shape index (κ3) is 3.98. The summed E-state index contributed by atoms with van der Waals surface area (Å²) >= 11 is 7.69. The van der Waals surface area contributed by atoms with Gasteiger partial charge < -0.3 is 9.47 Å². The summed E-state index contributed by atoms with van der Waals surface area (Å²) in [4.78, 5) is 1.20. The van der Waals surface area contributed by atoms with Crippen molar-refractivity contribution in [3.63, 3.8) is 0 Å². The van der Waals surface area contributed by atoms with Gasteiger partial charge in [0.05, 0.1) is 13.2 Å². The quantitative estimate of drug-likeness (QED) is 0.769. The molecule has 0 N–H and O–H groups in total. The van der Waals surface area contributed by atoms with Crippen LogP contribution in [0.4, 0.5) is 0 Å². The van der Waals surface area contributed by atoms with Gasteiger partial charge in [-0.25, -0.2) is 0 Å². The van der Waals surface area contributed by atoms with E-state index < -0.39 is 0 Å². The highest BCUT2D eigenvalue weighted by Crippen LogP contribution is 2.23. The largest absolute Gasteiger partial charge is 0.353 e. The zero-order chi connectivity index (χ0) is 11.2. The van der Waals surface area contributed by atoms with Gasteiger partial charge in [0, 0.05) is 22.1 Å². The summed E-state index contributed by atoms with van der Waals surface area (Å²) in [5.74, 6) is 0.991. The molecule has 2 nitrogen and oxygen atoms in total. The van der Waals surface area contributed by atoms with Crippen LogP contribution in [-0.4, -0.2) is 25.3 Å². The van der Waals surface area contributed by atoms with Crippen molar-refractivity contribution in [2.24, 2.45) is 0 Å². The number of halogens is 1. The van der Waals surface area contributed by atoms with Crippen LogP contribution in [0.1, 0.15) is 12.8 Å². The third-order valence-electron chi connectivity index (χ3n) is 2.31. The lowest BCUT2D eigenvalue weighted by Gasteiger charge is -2.22. The molecule has 0 aromatic heterocycles. The van der Waals surface area contributed by atoms with Crippen molar-refractivity contribution in [3.8, 4) is 0 Å². The van der Waals surface area contributed by atoms with Crippen LogP contribution in [0, 0.1) is 0 Å². The molecule has 88 valence electrons. The highest BCUT2D eigenvalue weighted by Gasteiger charge is 2.13. The Morgan fingerprint density at radius 1 is 1.31 bits per heavy atom. The standard InChI is InChI=1S/C12H15ClO2S/c13-10-3-1-4-11(9-10)16-8-5-12-14-6-2-7-15-12/h1,3-4,9,12H,2,5-8H2. The van der Waals surface area contributed by atoms with E-state index in [1.807, 2.05) is 18.2 Å². The summed E-state index contributed by atoms with van der Waals surface area (Å²) in [5.41, 5.74) is 0. The summed E-state index contributed by atoms with van der Waals surface area (Å²) in [6.07, 6.45) is 1.93. The Hall–Kier alpha value is -0.220. The van der Waals surface area contributed by atoms with Gasteiger partial charge in [-0.05, 0) is 24.6 Å². The predicted molar refractivity (Wildman–Crippen MR) is 67.1 cm³/mol. The minimum atomic E-state index is -0.0135. The van der Waals surface area contributed by atoms with E-state index in [4.69, 9.17) is 21.1 Å². The van der Waals surface area contributed by atoms with Crippen LogP contribution in [0.5, 0.6) is 0 Å². The van der Waals surface area contributed by atoms with Crippen molar-refractivity contribution in [2.45, 2.75) is 24.0 Å². The van der Waals surface area contributed by atoms with Crippen LogP contribution in [0.15, 0.2) is 29.2 Å². The van der Waals surface area contributed by atoms with E-state index in [0.717, 1.165) is 36.8 Å². The maximum atomic E-state index is 5.91. The van der Waals surface area contributed by atoms with E-state index in [1.165, 1.54) is 4.90 Å². The number of hydrogen-bond donors (Lipinski definition) is 0. The van der Waals surface area contributed by atoms with Gasteiger partial charge in [0.25, 0.3) is 0 Å². The molecular weight excluding hydrogens is 244 g/mol. The fourth-order valence-corrected chi connectivity index (χ4v) is 2.72. The van der Waals surface area contributed by atoms with Crippen LogP contribution >= 0.6 is 23.4 Å². The first kappa shape index (κ1) is 12.2. The van der Waals surface area contributed by atoms with Crippen molar-refractivity contribution in [1.82, 2.24) is 0 Å². The average molecular weight is 259 g/mol. The normalized spacial score (nSPS) is 17.6. The van der Waals surface area contributed by atoms with Gasteiger partial charge in [0.15, 0.2) is 6.29 Å². The molecule has 0 saturated carbocycles. The molecule has 1 aliphatic rings. The maximum Gasteiger partial charge on any atom is 0.158 e. The Balaban J connectivity index is 1.71. The maximum absolute atomic E-state index is 5.91.